The highest BCUT2D eigenvalue weighted by Crippen LogP contribution is 2.11. The molecule has 1 rings (SSSR count). The Morgan fingerprint density at radius 3 is 2.40 bits per heavy atom. The number of carbonyl (C=O) groups excluding carboxylic acids is 1. The molecule has 3 nitrogen and oxygen atoms in total. The molecule has 0 saturated carbocycles. The first-order chi connectivity index (χ1) is 7.24. The Kier molecular flexibility index (Phi) is 6.93. The van der Waals surface area contributed by atoms with E-state index in [1.807, 2.05) is 25.0 Å². The van der Waals surface area contributed by atoms with Crippen molar-refractivity contribution >= 4 is 6.79 Å². The Bertz CT molecular complexity index is 285. The van der Waals surface area contributed by atoms with E-state index in [1.54, 1.807) is 0 Å². The summed E-state index contributed by atoms with van der Waals surface area (Å²) < 4.78 is 0. The van der Waals surface area contributed by atoms with Crippen LogP contribution in [0.3, 0.4) is 0 Å². The second-order valence-electron chi connectivity index (χ2n) is 3.08. The molecule has 1 aromatic rings. The molecule has 0 heterocycles. The maximum Gasteiger partial charge on any atom is 0.106 e. The van der Waals surface area contributed by atoms with Gasteiger partial charge in [0, 0.05) is 18.3 Å². The molecule has 0 fully saturated rings. The maximum absolute atomic E-state index is 8.00. The van der Waals surface area contributed by atoms with Gasteiger partial charge in [-0.2, -0.15) is 0 Å². The van der Waals surface area contributed by atoms with Crippen LogP contribution in [0.1, 0.15) is 18.5 Å². The molecule has 0 bridgehead atoms. The first kappa shape index (κ1) is 13.4. The van der Waals surface area contributed by atoms with Gasteiger partial charge in [-0.25, -0.2) is 0 Å². The summed E-state index contributed by atoms with van der Waals surface area (Å²) in [5.74, 6) is 0. The zero-order chi connectivity index (χ0) is 11.7. The van der Waals surface area contributed by atoms with Crippen LogP contribution in [0.15, 0.2) is 42.6 Å². The zero-order valence-corrected chi connectivity index (χ0v) is 9.07. The van der Waals surface area contributed by atoms with Gasteiger partial charge in [0.05, 0.1) is 0 Å². The van der Waals surface area contributed by atoms with Crippen LogP contribution in [-0.2, 0) is 4.79 Å². The Morgan fingerprint density at radius 1 is 1.40 bits per heavy atom. The number of benzene rings is 1. The van der Waals surface area contributed by atoms with Gasteiger partial charge in [-0.1, -0.05) is 36.9 Å². The summed E-state index contributed by atoms with van der Waals surface area (Å²) in [4.78, 5) is 8.00. The number of hydrogen-bond donors (Lipinski definition) is 2. The standard InChI is InChI=1S/C11H16N2.CH2O/c1-9(8-12)13-10(2)11-6-4-3-5-7-11;1-2/h3-7,10,13H,1,8,12H2,2H3;1H2/t10-;/m1./s1. The Morgan fingerprint density at radius 2 is 1.93 bits per heavy atom. The van der Waals surface area contributed by atoms with Crippen LogP contribution in [0.4, 0.5) is 0 Å². The fraction of sp³-hybridized carbons (Fsp3) is 0.250. The second-order valence-corrected chi connectivity index (χ2v) is 3.08. The largest absolute Gasteiger partial charge is 0.381 e. The Hall–Kier alpha value is -1.61. The van der Waals surface area contributed by atoms with E-state index in [-0.39, 0.29) is 6.04 Å². The quantitative estimate of drug-likeness (QED) is 0.787. The molecule has 3 N–H and O–H groups in total. The van der Waals surface area contributed by atoms with Gasteiger partial charge in [0.2, 0.25) is 0 Å². The van der Waals surface area contributed by atoms with Crippen molar-refractivity contribution in [3.8, 4) is 0 Å². The lowest BCUT2D eigenvalue weighted by atomic mass is 10.1. The van der Waals surface area contributed by atoms with Crippen molar-refractivity contribution < 1.29 is 4.79 Å². The van der Waals surface area contributed by atoms with E-state index in [0.29, 0.717) is 6.54 Å². The molecule has 0 saturated heterocycles. The molecule has 0 aromatic heterocycles. The van der Waals surface area contributed by atoms with Crippen LogP contribution in [0, 0.1) is 0 Å². The predicted molar refractivity (Wildman–Crippen MR) is 63.3 cm³/mol. The number of rotatable bonds is 4. The van der Waals surface area contributed by atoms with Crippen molar-refractivity contribution in [3.63, 3.8) is 0 Å². The van der Waals surface area contributed by atoms with Crippen LogP contribution in [0.2, 0.25) is 0 Å². The van der Waals surface area contributed by atoms with Gasteiger partial charge < -0.3 is 15.8 Å². The van der Waals surface area contributed by atoms with Gasteiger partial charge in [0.15, 0.2) is 0 Å². The molecule has 0 aliphatic rings. The third-order valence-electron chi connectivity index (χ3n) is 1.97. The predicted octanol–water partition coefficient (Wildman–Crippen LogP) is 1.62. The SMILES string of the molecule is C=C(CN)N[C@H](C)c1ccccc1.C=O. The average molecular weight is 206 g/mol. The van der Waals surface area contributed by atoms with Crippen LogP contribution < -0.4 is 11.1 Å². The highest BCUT2D eigenvalue weighted by atomic mass is 16.1. The van der Waals surface area contributed by atoms with Gasteiger partial charge in [-0.15, -0.1) is 0 Å². The van der Waals surface area contributed by atoms with Gasteiger partial charge >= 0.3 is 0 Å². The zero-order valence-electron chi connectivity index (χ0n) is 9.07. The summed E-state index contributed by atoms with van der Waals surface area (Å²) in [5.41, 5.74) is 7.56. The van der Waals surface area contributed by atoms with Gasteiger partial charge in [-0.05, 0) is 12.5 Å². The van der Waals surface area contributed by atoms with Gasteiger partial charge in [-0.3, -0.25) is 0 Å². The molecule has 0 unspecified atom stereocenters. The van der Waals surface area contributed by atoms with Crippen molar-refractivity contribution in [2.75, 3.05) is 6.54 Å². The molecule has 0 aliphatic carbocycles. The number of carbonyl (C=O) groups is 1. The molecule has 0 amide bonds. The van der Waals surface area contributed by atoms with Crippen LogP contribution in [-0.4, -0.2) is 13.3 Å². The molecule has 15 heavy (non-hydrogen) atoms. The Balaban J connectivity index is 0.000000921. The van der Waals surface area contributed by atoms with Gasteiger partial charge in [0.25, 0.3) is 0 Å². The van der Waals surface area contributed by atoms with Crippen LogP contribution in [0.25, 0.3) is 0 Å². The number of nitrogens with one attached hydrogen (secondary N) is 1. The summed E-state index contributed by atoms with van der Waals surface area (Å²) in [6, 6.07) is 10.5. The molecule has 1 aromatic carbocycles. The second kappa shape index (κ2) is 7.76. The average Bonchev–Trinajstić information content (AvgIpc) is 2.32. The van der Waals surface area contributed by atoms with Crippen LogP contribution in [0.5, 0.6) is 0 Å². The first-order valence-corrected chi connectivity index (χ1v) is 4.72. The lowest BCUT2D eigenvalue weighted by Gasteiger charge is -2.16. The Labute approximate surface area is 91.0 Å². The minimum atomic E-state index is 0.275. The summed E-state index contributed by atoms with van der Waals surface area (Å²) >= 11 is 0. The summed E-state index contributed by atoms with van der Waals surface area (Å²) in [6.07, 6.45) is 0. The molecule has 3 heteroatoms. The highest BCUT2D eigenvalue weighted by molar-refractivity contribution is 5.19. The lowest BCUT2D eigenvalue weighted by molar-refractivity contribution is -0.0979. The minimum Gasteiger partial charge on any atom is -0.381 e. The molecule has 0 radical (unpaired) electrons. The molecule has 0 aliphatic heterocycles. The topological polar surface area (TPSA) is 55.1 Å². The molecular weight excluding hydrogens is 188 g/mol. The summed E-state index contributed by atoms with van der Waals surface area (Å²) in [7, 11) is 0. The van der Waals surface area contributed by atoms with Crippen molar-refractivity contribution in [1.82, 2.24) is 5.32 Å². The fourth-order valence-electron chi connectivity index (χ4n) is 1.19. The van der Waals surface area contributed by atoms with Gasteiger partial charge in [0.1, 0.15) is 6.79 Å². The summed E-state index contributed by atoms with van der Waals surface area (Å²) in [5, 5.41) is 3.23. The lowest BCUT2D eigenvalue weighted by Crippen LogP contribution is -2.22. The van der Waals surface area contributed by atoms with E-state index in [0.717, 1.165) is 5.70 Å². The van der Waals surface area contributed by atoms with E-state index >= 15 is 0 Å². The molecule has 82 valence electrons. The first-order valence-electron chi connectivity index (χ1n) is 4.72. The van der Waals surface area contributed by atoms with Crippen LogP contribution >= 0.6 is 0 Å². The van der Waals surface area contributed by atoms with E-state index in [1.165, 1.54) is 5.56 Å². The third-order valence-corrected chi connectivity index (χ3v) is 1.97. The van der Waals surface area contributed by atoms with Crippen molar-refractivity contribution in [3.05, 3.63) is 48.2 Å². The minimum absolute atomic E-state index is 0.275. The fourth-order valence-corrected chi connectivity index (χ4v) is 1.19. The molecular formula is C12H18N2O. The highest BCUT2D eigenvalue weighted by Gasteiger charge is 2.03. The maximum atomic E-state index is 8.00. The van der Waals surface area contributed by atoms with E-state index in [4.69, 9.17) is 10.5 Å². The number of nitrogens with two attached hydrogens (primary N) is 1. The van der Waals surface area contributed by atoms with Crippen molar-refractivity contribution in [1.29, 1.82) is 0 Å². The van der Waals surface area contributed by atoms with E-state index in [9.17, 15) is 0 Å². The normalized spacial score (nSPS) is 10.8. The molecule has 0 spiro atoms. The third kappa shape index (κ3) is 4.98. The van der Waals surface area contributed by atoms with Crippen molar-refractivity contribution in [2.45, 2.75) is 13.0 Å². The number of hydrogen-bond acceptors (Lipinski definition) is 3. The monoisotopic (exact) mass is 206 g/mol. The van der Waals surface area contributed by atoms with E-state index in [2.05, 4.69) is 31.0 Å². The smallest absolute Gasteiger partial charge is 0.106 e. The summed E-state index contributed by atoms with van der Waals surface area (Å²) in [6.45, 7) is 8.38. The van der Waals surface area contributed by atoms with E-state index < -0.39 is 0 Å². The molecule has 1 atom stereocenters. The van der Waals surface area contributed by atoms with Crippen molar-refractivity contribution in [2.24, 2.45) is 5.73 Å².